The minimum absolute atomic E-state index is 0.184. The predicted octanol–water partition coefficient (Wildman–Crippen LogP) is 4.46. The number of piperidine rings is 1. The number of nitrogens with zero attached hydrogens (tertiary/aromatic N) is 5. The van der Waals surface area contributed by atoms with Crippen LogP contribution in [0.2, 0.25) is 0 Å². The van der Waals surface area contributed by atoms with E-state index >= 15 is 0 Å². The highest BCUT2D eigenvalue weighted by Gasteiger charge is 2.44. The molecule has 2 fully saturated rings. The van der Waals surface area contributed by atoms with Crippen molar-refractivity contribution < 1.29 is 22.8 Å². The van der Waals surface area contributed by atoms with Crippen LogP contribution in [0.3, 0.4) is 0 Å². The summed E-state index contributed by atoms with van der Waals surface area (Å²) >= 11 is 1.55. The molecule has 0 radical (unpaired) electrons. The number of amides is 1. The minimum atomic E-state index is -4.54. The Morgan fingerprint density at radius 1 is 1.30 bits per heavy atom. The number of hydrogen-bond donors (Lipinski definition) is 1. The van der Waals surface area contributed by atoms with Gasteiger partial charge in [0, 0.05) is 42.1 Å². The van der Waals surface area contributed by atoms with Crippen LogP contribution in [0.5, 0.6) is 0 Å². The lowest BCUT2D eigenvalue weighted by atomic mass is 9.89. The number of rotatable bonds is 5. The molecule has 2 aliphatic heterocycles. The maximum absolute atomic E-state index is 12.9. The molecule has 0 saturated carbocycles. The van der Waals surface area contributed by atoms with Gasteiger partial charge in [0.15, 0.2) is 5.69 Å². The van der Waals surface area contributed by atoms with Gasteiger partial charge in [0.2, 0.25) is 11.5 Å². The van der Waals surface area contributed by atoms with Crippen molar-refractivity contribution in [3.63, 3.8) is 0 Å². The Morgan fingerprint density at radius 3 is 2.68 bits per heavy atom. The van der Waals surface area contributed by atoms with Gasteiger partial charge in [-0.2, -0.15) is 29.0 Å². The molecule has 0 spiro atoms. The molecule has 2 aromatic heterocycles. The van der Waals surface area contributed by atoms with Crippen LogP contribution in [0.25, 0.3) is 0 Å². The van der Waals surface area contributed by atoms with Gasteiger partial charge in [0.25, 0.3) is 0 Å². The van der Waals surface area contributed by atoms with E-state index in [1.165, 1.54) is 6.92 Å². The normalized spacial score (nSPS) is 22.8. The fraction of sp³-hybridized carbons (Fsp3) is 0.440. The summed E-state index contributed by atoms with van der Waals surface area (Å²) in [5, 5.41) is 16.3. The molecule has 4 heterocycles. The van der Waals surface area contributed by atoms with Crippen LogP contribution < -0.4 is 5.48 Å². The second-order valence-electron chi connectivity index (χ2n) is 9.37. The van der Waals surface area contributed by atoms with Crippen LogP contribution in [-0.4, -0.2) is 38.7 Å². The highest BCUT2D eigenvalue weighted by molar-refractivity contribution is 7.09. The first-order valence-corrected chi connectivity index (χ1v) is 12.8. The van der Waals surface area contributed by atoms with E-state index in [0.717, 1.165) is 27.0 Å². The van der Waals surface area contributed by atoms with Crippen molar-refractivity contribution >= 4 is 17.2 Å². The summed E-state index contributed by atoms with van der Waals surface area (Å²) < 4.78 is 39.8. The number of alkyl halides is 3. The van der Waals surface area contributed by atoms with Crippen molar-refractivity contribution in [2.24, 2.45) is 0 Å². The van der Waals surface area contributed by atoms with Crippen LogP contribution >= 0.6 is 11.3 Å². The SMILES string of the molecule is Cc1cc(C(F)(F)F)nn1CC(=O)N1CCC(c2nc(C3CC(C#N)(c4ccccc4)ON3)cs2)CC1. The standard InChI is InChI=1S/C25H25F3N6O2S/c1-16-11-21(25(26,27)28)31-34(16)13-22(35)33-9-7-17(8-10-33)23-30-20(14-37-23)19-12-24(15-29,36-32-19)18-5-3-2-4-6-18/h2-6,11,14,17,19,32H,7-10,12-13H2,1H3. The lowest BCUT2D eigenvalue weighted by Gasteiger charge is -2.31. The fourth-order valence-corrected chi connectivity index (χ4v) is 5.83. The average Bonchev–Trinajstić information content (AvgIpc) is 3.64. The van der Waals surface area contributed by atoms with Gasteiger partial charge in [0.1, 0.15) is 12.6 Å². The molecule has 12 heteroatoms. The van der Waals surface area contributed by atoms with E-state index in [9.17, 15) is 23.2 Å². The monoisotopic (exact) mass is 530 g/mol. The maximum Gasteiger partial charge on any atom is 0.435 e. The van der Waals surface area contributed by atoms with Crippen LogP contribution in [0.4, 0.5) is 13.2 Å². The first-order valence-electron chi connectivity index (χ1n) is 11.9. The van der Waals surface area contributed by atoms with E-state index < -0.39 is 17.5 Å². The number of nitrogens with one attached hydrogen (secondary N) is 1. The van der Waals surface area contributed by atoms with E-state index in [1.54, 1.807) is 16.2 Å². The van der Waals surface area contributed by atoms with Crippen LogP contribution in [0.1, 0.15) is 58.9 Å². The Morgan fingerprint density at radius 2 is 2.03 bits per heavy atom. The smallest absolute Gasteiger partial charge is 0.341 e. The molecule has 3 aromatic rings. The molecule has 1 N–H and O–H groups in total. The molecule has 194 valence electrons. The summed E-state index contributed by atoms with van der Waals surface area (Å²) in [5.74, 6) is -0.0671. The lowest BCUT2D eigenvalue weighted by Crippen LogP contribution is -2.40. The summed E-state index contributed by atoms with van der Waals surface area (Å²) in [6, 6.07) is 12.4. The van der Waals surface area contributed by atoms with Crippen molar-refractivity contribution in [3.8, 4) is 6.07 Å². The number of nitriles is 1. The largest absolute Gasteiger partial charge is 0.435 e. The van der Waals surface area contributed by atoms with E-state index in [-0.39, 0.29) is 24.4 Å². The van der Waals surface area contributed by atoms with Crippen molar-refractivity contribution in [2.45, 2.75) is 56.5 Å². The first kappa shape index (κ1) is 25.4. The molecule has 1 aromatic carbocycles. The van der Waals surface area contributed by atoms with Crippen molar-refractivity contribution in [3.05, 3.63) is 69.4 Å². The molecule has 37 heavy (non-hydrogen) atoms. The number of aryl methyl sites for hydroxylation is 1. The number of thiazole rings is 1. The summed E-state index contributed by atoms with van der Waals surface area (Å²) in [4.78, 5) is 25.0. The van der Waals surface area contributed by atoms with Gasteiger partial charge < -0.3 is 4.90 Å². The van der Waals surface area contributed by atoms with Gasteiger partial charge in [0.05, 0.1) is 16.7 Å². The summed E-state index contributed by atoms with van der Waals surface area (Å²) in [5.41, 5.74) is 2.82. The molecule has 2 unspecified atom stereocenters. The Bertz CT molecular complexity index is 1310. The van der Waals surface area contributed by atoms with Crippen molar-refractivity contribution in [1.29, 1.82) is 5.26 Å². The quantitative estimate of drug-likeness (QED) is 0.524. The van der Waals surface area contributed by atoms with Gasteiger partial charge in [-0.1, -0.05) is 30.3 Å². The number of likely N-dealkylation sites (tertiary alicyclic amines) is 1. The summed E-state index contributed by atoms with van der Waals surface area (Å²) in [7, 11) is 0. The Hall–Kier alpha value is -3.27. The van der Waals surface area contributed by atoms with E-state index in [1.807, 2.05) is 35.7 Å². The van der Waals surface area contributed by atoms with Crippen LogP contribution in [0, 0.1) is 18.3 Å². The summed E-state index contributed by atoms with van der Waals surface area (Å²) in [6.45, 7) is 2.29. The first-order chi connectivity index (χ1) is 17.7. The molecule has 0 aliphatic carbocycles. The van der Waals surface area contributed by atoms with Crippen molar-refractivity contribution in [2.75, 3.05) is 13.1 Å². The zero-order valence-electron chi connectivity index (χ0n) is 20.0. The third-order valence-corrected chi connectivity index (χ3v) is 7.96. The van der Waals surface area contributed by atoms with E-state index in [0.29, 0.717) is 38.0 Å². The highest BCUT2D eigenvalue weighted by Crippen LogP contribution is 2.41. The zero-order valence-corrected chi connectivity index (χ0v) is 20.8. The molecule has 2 aliphatic rings. The third kappa shape index (κ3) is 5.12. The number of hydroxylamine groups is 1. The molecular weight excluding hydrogens is 505 g/mol. The van der Waals surface area contributed by atoms with Crippen molar-refractivity contribution in [1.82, 2.24) is 25.1 Å². The van der Waals surface area contributed by atoms with Gasteiger partial charge in [-0.05, 0) is 25.8 Å². The maximum atomic E-state index is 12.9. The number of halogens is 3. The van der Waals surface area contributed by atoms with Crippen LogP contribution in [-0.2, 0) is 28.0 Å². The van der Waals surface area contributed by atoms with Gasteiger partial charge >= 0.3 is 6.18 Å². The second kappa shape index (κ2) is 9.89. The fourth-order valence-electron chi connectivity index (χ4n) is 4.79. The lowest BCUT2D eigenvalue weighted by molar-refractivity contribution is -0.142. The number of benzene rings is 1. The van der Waals surface area contributed by atoms with Gasteiger partial charge in [-0.25, -0.2) is 4.98 Å². The van der Waals surface area contributed by atoms with Gasteiger partial charge in [-0.15, -0.1) is 11.3 Å². The molecule has 5 rings (SSSR count). The molecule has 8 nitrogen and oxygen atoms in total. The Labute approximate surface area is 215 Å². The summed E-state index contributed by atoms with van der Waals surface area (Å²) in [6.07, 6.45) is -2.68. The topological polar surface area (TPSA) is 96.1 Å². The average molecular weight is 531 g/mol. The number of aromatic nitrogens is 3. The molecule has 2 saturated heterocycles. The second-order valence-corrected chi connectivity index (χ2v) is 10.3. The highest BCUT2D eigenvalue weighted by atomic mass is 32.1. The number of hydrogen-bond acceptors (Lipinski definition) is 7. The number of carbonyl (C=O) groups excluding carboxylic acids is 1. The molecule has 1 amide bonds. The molecule has 2 atom stereocenters. The zero-order chi connectivity index (χ0) is 26.2. The number of carbonyl (C=O) groups is 1. The third-order valence-electron chi connectivity index (χ3n) is 6.94. The molecular formula is C25H25F3N6O2S. The molecule has 0 bridgehead atoms. The Balaban J connectivity index is 1.18. The van der Waals surface area contributed by atoms with E-state index in [2.05, 4.69) is 16.6 Å². The Kier molecular flexibility index (Phi) is 6.78. The minimum Gasteiger partial charge on any atom is -0.341 e. The van der Waals surface area contributed by atoms with E-state index in [4.69, 9.17) is 9.82 Å². The van der Waals surface area contributed by atoms with Crippen LogP contribution in [0.15, 0.2) is 41.8 Å². The predicted molar refractivity (Wildman–Crippen MR) is 128 cm³/mol. The van der Waals surface area contributed by atoms with Gasteiger partial charge in [-0.3, -0.25) is 14.3 Å².